The maximum absolute atomic E-state index is 12.5. The number of imidazole rings is 1. The Kier molecular flexibility index (Phi) is 3.72. The summed E-state index contributed by atoms with van der Waals surface area (Å²) >= 11 is 7.18. The van der Waals surface area contributed by atoms with Crippen LogP contribution in [0.15, 0.2) is 48.1 Å². The summed E-state index contributed by atoms with van der Waals surface area (Å²) in [6.07, 6.45) is 3.27. The van der Waals surface area contributed by atoms with E-state index in [2.05, 4.69) is 25.3 Å². The Bertz CT molecular complexity index is 1010. The monoisotopic (exact) mass is 355 g/mol. The number of para-hydroxylation sites is 1. The van der Waals surface area contributed by atoms with Crippen molar-refractivity contribution in [1.29, 1.82) is 0 Å². The fourth-order valence-corrected chi connectivity index (χ4v) is 2.95. The zero-order chi connectivity index (χ0) is 16.5. The number of hydrogen-bond acceptors (Lipinski definition) is 5. The van der Waals surface area contributed by atoms with Crippen molar-refractivity contribution < 1.29 is 4.79 Å². The molecular formula is C16H10ClN5OS. The first-order chi connectivity index (χ1) is 11.7. The number of nitrogens with zero attached hydrogens (tertiary/aromatic N) is 3. The number of carbonyl (C=O) groups is 1. The Morgan fingerprint density at radius 3 is 2.88 bits per heavy atom. The maximum Gasteiger partial charge on any atom is 0.259 e. The van der Waals surface area contributed by atoms with E-state index in [0.29, 0.717) is 27.2 Å². The summed E-state index contributed by atoms with van der Waals surface area (Å²) in [4.78, 5) is 28.3. The average molecular weight is 356 g/mol. The van der Waals surface area contributed by atoms with E-state index in [1.54, 1.807) is 36.0 Å². The van der Waals surface area contributed by atoms with E-state index in [9.17, 15) is 4.79 Å². The standard InChI is InChI=1S/C16H10ClN5OS/c17-12-5-4-9(8-19-12)14-20-11-3-1-2-10(13(11)21-14)15(23)22-16-18-6-7-24-16/h1-8H,(H,20,21)(H,18,22,23). The molecule has 2 N–H and O–H groups in total. The molecule has 24 heavy (non-hydrogen) atoms. The number of rotatable bonds is 3. The molecule has 3 aromatic heterocycles. The molecule has 0 bridgehead atoms. The minimum Gasteiger partial charge on any atom is -0.338 e. The summed E-state index contributed by atoms with van der Waals surface area (Å²) in [6, 6.07) is 8.93. The van der Waals surface area contributed by atoms with E-state index in [-0.39, 0.29) is 5.91 Å². The van der Waals surface area contributed by atoms with Crippen LogP contribution in [0.4, 0.5) is 5.13 Å². The van der Waals surface area contributed by atoms with E-state index >= 15 is 0 Å². The summed E-state index contributed by atoms with van der Waals surface area (Å²) < 4.78 is 0. The second-order valence-corrected chi connectivity index (χ2v) is 6.23. The van der Waals surface area contributed by atoms with Crippen molar-refractivity contribution in [2.24, 2.45) is 0 Å². The Morgan fingerprint density at radius 2 is 2.12 bits per heavy atom. The van der Waals surface area contributed by atoms with E-state index in [1.807, 2.05) is 12.1 Å². The van der Waals surface area contributed by atoms with Crippen molar-refractivity contribution in [3.63, 3.8) is 0 Å². The molecule has 4 aromatic rings. The topological polar surface area (TPSA) is 83.6 Å². The van der Waals surface area contributed by atoms with Crippen LogP contribution in [0.3, 0.4) is 0 Å². The van der Waals surface area contributed by atoms with Gasteiger partial charge < -0.3 is 4.98 Å². The molecule has 3 heterocycles. The lowest BCUT2D eigenvalue weighted by atomic mass is 10.2. The third kappa shape index (κ3) is 2.75. The number of aromatic amines is 1. The third-order valence-electron chi connectivity index (χ3n) is 3.41. The highest BCUT2D eigenvalue weighted by atomic mass is 35.5. The van der Waals surface area contributed by atoms with Crippen molar-refractivity contribution in [2.45, 2.75) is 0 Å². The second kappa shape index (κ2) is 6.03. The van der Waals surface area contributed by atoms with E-state index < -0.39 is 0 Å². The van der Waals surface area contributed by atoms with Gasteiger partial charge in [-0.1, -0.05) is 17.7 Å². The highest BCUT2D eigenvalue weighted by Gasteiger charge is 2.15. The van der Waals surface area contributed by atoms with Crippen LogP contribution >= 0.6 is 22.9 Å². The van der Waals surface area contributed by atoms with Crippen molar-refractivity contribution in [2.75, 3.05) is 5.32 Å². The van der Waals surface area contributed by atoms with Gasteiger partial charge in [0.1, 0.15) is 16.5 Å². The molecule has 0 atom stereocenters. The SMILES string of the molecule is O=C(Nc1nccs1)c1cccc2[nH]c(-c3ccc(Cl)nc3)nc12. The normalized spacial score (nSPS) is 10.9. The molecule has 1 amide bonds. The summed E-state index contributed by atoms with van der Waals surface area (Å²) in [5, 5.41) is 5.54. The number of benzene rings is 1. The van der Waals surface area contributed by atoms with Gasteiger partial charge in [0.25, 0.3) is 5.91 Å². The molecule has 0 aliphatic rings. The first-order valence-electron chi connectivity index (χ1n) is 7.02. The Balaban J connectivity index is 1.74. The molecule has 6 nitrogen and oxygen atoms in total. The minimum absolute atomic E-state index is 0.247. The van der Waals surface area contributed by atoms with Crippen molar-refractivity contribution in [3.8, 4) is 11.4 Å². The summed E-state index contributed by atoms with van der Waals surface area (Å²) in [7, 11) is 0. The van der Waals surface area contributed by atoms with Crippen LogP contribution in [-0.4, -0.2) is 25.8 Å². The maximum atomic E-state index is 12.5. The van der Waals surface area contributed by atoms with Crippen LogP contribution in [0.2, 0.25) is 5.15 Å². The van der Waals surface area contributed by atoms with Crippen LogP contribution in [0, 0.1) is 0 Å². The molecule has 0 spiro atoms. The van der Waals surface area contributed by atoms with Gasteiger partial charge in [-0.3, -0.25) is 10.1 Å². The Morgan fingerprint density at radius 1 is 1.21 bits per heavy atom. The number of anilines is 1. The number of H-pyrrole nitrogens is 1. The van der Waals surface area contributed by atoms with E-state index in [0.717, 1.165) is 11.1 Å². The summed E-state index contributed by atoms with van der Waals surface area (Å²) in [6.45, 7) is 0. The molecule has 8 heteroatoms. The summed E-state index contributed by atoms with van der Waals surface area (Å²) in [5.41, 5.74) is 2.64. The predicted molar refractivity (Wildman–Crippen MR) is 94.4 cm³/mol. The van der Waals surface area contributed by atoms with Crippen LogP contribution in [0.25, 0.3) is 22.4 Å². The average Bonchev–Trinajstić information content (AvgIpc) is 3.24. The number of halogens is 1. The van der Waals surface area contributed by atoms with Gasteiger partial charge in [0, 0.05) is 23.3 Å². The number of aromatic nitrogens is 4. The molecule has 1 aromatic carbocycles. The second-order valence-electron chi connectivity index (χ2n) is 4.95. The number of amides is 1. The van der Waals surface area contributed by atoms with Gasteiger partial charge in [-0.05, 0) is 24.3 Å². The van der Waals surface area contributed by atoms with E-state index in [1.165, 1.54) is 11.3 Å². The zero-order valence-corrected chi connectivity index (χ0v) is 13.7. The lowest BCUT2D eigenvalue weighted by molar-refractivity contribution is 0.102. The van der Waals surface area contributed by atoms with Gasteiger partial charge in [0.15, 0.2) is 5.13 Å². The zero-order valence-electron chi connectivity index (χ0n) is 12.2. The first kappa shape index (κ1) is 14.8. The Hall–Kier alpha value is -2.77. The van der Waals surface area contributed by atoms with Gasteiger partial charge in [-0.2, -0.15) is 0 Å². The number of hydrogen-bond donors (Lipinski definition) is 2. The molecule has 0 fully saturated rings. The predicted octanol–water partition coefficient (Wildman–Crippen LogP) is 3.99. The molecule has 4 rings (SSSR count). The molecule has 0 saturated carbocycles. The van der Waals surface area contributed by atoms with Gasteiger partial charge in [-0.25, -0.2) is 15.0 Å². The Labute approximate surface area is 145 Å². The largest absolute Gasteiger partial charge is 0.338 e. The van der Waals surface area contributed by atoms with E-state index in [4.69, 9.17) is 11.6 Å². The number of carbonyl (C=O) groups excluding carboxylic acids is 1. The van der Waals surface area contributed by atoms with Gasteiger partial charge in [-0.15, -0.1) is 11.3 Å². The van der Waals surface area contributed by atoms with Gasteiger partial charge in [0.2, 0.25) is 0 Å². The van der Waals surface area contributed by atoms with Crippen LogP contribution in [-0.2, 0) is 0 Å². The van der Waals surface area contributed by atoms with Crippen molar-refractivity contribution in [3.05, 3.63) is 58.8 Å². The number of fused-ring (bicyclic) bond motifs is 1. The number of thiazole rings is 1. The minimum atomic E-state index is -0.247. The van der Waals surface area contributed by atoms with Gasteiger partial charge in [0.05, 0.1) is 11.1 Å². The summed E-state index contributed by atoms with van der Waals surface area (Å²) in [5.74, 6) is 0.381. The van der Waals surface area contributed by atoms with Gasteiger partial charge >= 0.3 is 0 Å². The van der Waals surface area contributed by atoms with Crippen LogP contribution < -0.4 is 5.32 Å². The smallest absolute Gasteiger partial charge is 0.259 e. The molecule has 118 valence electrons. The first-order valence-corrected chi connectivity index (χ1v) is 8.28. The van der Waals surface area contributed by atoms with Crippen LogP contribution in [0.5, 0.6) is 0 Å². The van der Waals surface area contributed by atoms with Crippen molar-refractivity contribution in [1.82, 2.24) is 19.9 Å². The lowest BCUT2D eigenvalue weighted by Crippen LogP contribution is -2.12. The third-order valence-corrected chi connectivity index (χ3v) is 4.32. The fraction of sp³-hybridized carbons (Fsp3) is 0. The lowest BCUT2D eigenvalue weighted by Gasteiger charge is -2.02. The fourth-order valence-electron chi connectivity index (χ4n) is 2.32. The quantitative estimate of drug-likeness (QED) is 0.544. The number of pyridine rings is 1. The molecule has 0 aliphatic heterocycles. The van der Waals surface area contributed by atoms with Crippen molar-refractivity contribution >= 4 is 45.0 Å². The number of nitrogens with one attached hydrogen (secondary N) is 2. The van der Waals surface area contributed by atoms with Crippen LogP contribution in [0.1, 0.15) is 10.4 Å². The highest BCUT2D eigenvalue weighted by molar-refractivity contribution is 7.13. The molecule has 0 radical (unpaired) electrons. The highest BCUT2D eigenvalue weighted by Crippen LogP contribution is 2.24. The molecule has 0 unspecified atom stereocenters. The molecular weight excluding hydrogens is 346 g/mol. The molecule has 0 aliphatic carbocycles. The molecule has 0 saturated heterocycles.